The fourth-order valence-corrected chi connectivity index (χ4v) is 3.87. The summed E-state index contributed by atoms with van der Waals surface area (Å²) in [5.74, 6) is 0.271. The molecular weight excluding hydrogens is 394 g/mol. The summed E-state index contributed by atoms with van der Waals surface area (Å²) in [6.45, 7) is 2.04. The van der Waals surface area contributed by atoms with E-state index in [1.807, 2.05) is 47.0 Å². The summed E-state index contributed by atoms with van der Waals surface area (Å²) in [6, 6.07) is 13.6. The Kier molecular flexibility index (Phi) is 5.45. The number of amides is 1. The second-order valence-corrected chi connectivity index (χ2v) is 7.63. The zero-order valence-electron chi connectivity index (χ0n) is 17.1. The van der Waals surface area contributed by atoms with E-state index in [9.17, 15) is 4.79 Å². The minimum absolute atomic E-state index is 0.0383. The lowest BCUT2D eigenvalue weighted by Gasteiger charge is -2.24. The molecule has 1 saturated heterocycles. The highest BCUT2D eigenvalue weighted by atomic mass is 16.5. The number of hydrogen-bond donors (Lipinski definition) is 0. The molecular formula is C23H23N5O3. The van der Waals surface area contributed by atoms with Gasteiger partial charge in [0.15, 0.2) is 5.69 Å². The van der Waals surface area contributed by atoms with Gasteiger partial charge in [-0.1, -0.05) is 18.2 Å². The zero-order chi connectivity index (χ0) is 21.0. The van der Waals surface area contributed by atoms with Gasteiger partial charge in [0, 0.05) is 19.3 Å². The third kappa shape index (κ3) is 4.34. The third-order valence-electron chi connectivity index (χ3n) is 5.42. The molecule has 5 rings (SSSR count). The average Bonchev–Trinajstić information content (AvgIpc) is 3.56. The van der Waals surface area contributed by atoms with Crippen molar-refractivity contribution in [1.29, 1.82) is 0 Å². The number of hydrogen-bond acceptors (Lipinski definition) is 6. The molecule has 0 N–H and O–H groups in total. The van der Waals surface area contributed by atoms with E-state index >= 15 is 0 Å². The number of rotatable bonds is 7. The molecule has 158 valence electrons. The van der Waals surface area contributed by atoms with E-state index in [0.717, 1.165) is 36.2 Å². The Hall–Kier alpha value is -3.52. The van der Waals surface area contributed by atoms with Crippen molar-refractivity contribution in [3.05, 3.63) is 78.5 Å². The van der Waals surface area contributed by atoms with Crippen LogP contribution >= 0.6 is 0 Å². The van der Waals surface area contributed by atoms with E-state index in [4.69, 9.17) is 9.15 Å². The lowest BCUT2D eigenvalue weighted by Crippen LogP contribution is -2.37. The minimum atomic E-state index is -0.188. The Morgan fingerprint density at radius 2 is 2.06 bits per heavy atom. The maximum Gasteiger partial charge on any atom is 0.276 e. The molecule has 1 fully saturated rings. The number of para-hydroxylation sites is 2. The molecule has 3 aromatic heterocycles. The van der Waals surface area contributed by atoms with E-state index in [0.29, 0.717) is 25.5 Å². The summed E-state index contributed by atoms with van der Waals surface area (Å²) >= 11 is 0. The normalized spacial score (nSPS) is 16.1. The molecule has 1 aliphatic heterocycles. The van der Waals surface area contributed by atoms with Gasteiger partial charge in [0.1, 0.15) is 12.8 Å². The molecule has 0 radical (unpaired) electrons. The summed E-state index contributed by atoms with van der Waals surface area (Å²) < 4.78 is 13.3. The summed E-state index contributed by atoms with van der Waals surface area (Å²) in [6.07, 6.45) is 6.91. The molecule has 1 atom stereocenters. The lowest BCUT2D eigenvalue weighted by molar-refractivity contribution is 0.0500. The lowest BCUT2D eigenvalue weighted by atomic mass is 10.2. The van der Waals surface area contributed by atoms with Crippen molar-refractivity contribution in [3.8, 4) is 0 Å². The molecule has 0 unspecified atom stereocenters. The van der Waals surface area contributed by atoms with Crippen LogP contribution in [0.15, 0.2) is 65.7 Å². The molecule has 4 aromatic rings. The van der Waals surface area contributed by atoms with E-state index < -0.39 is 0 Å². The second-order valence-electron chi connectivity index (χ2n) is 7.63. The van der Waals surface area contributed by atoms with E-state index in [1.54, 1.807) is 17.4 Å². The summed E-state index contributed by atoms with van der Waals surface area (Å²) in [7, 11) is 0. The van der Waals surface area contributed by atoms with Crippen molar-refractivity contribution in [2.45, 2.75) is 32.0 Å². The highest BCUT2D eigenvalue weighted by Gasteiger charge is 2.26. The predicted molar refractivity (Wildman–Crippen MR) is 113 cm³/mol. The van der Waals surface area contributed by atoms with Crippen molar-refractivity contribution in [3.63, 3.8) is 0 Å². The van der Waals surface area contributed by atoms with Crippen molar-refractivity contribution in [1.82, 2.24) is 24.4 Å². The predicted octanol–water partition coefficient (Wildman–Crippen LogP) is 3.29. The number of nitrogens with zero attached hydrogens (tertiary/aromatic N) is 5. The zero-order valence-corrected chi connectivity index (χ0v) is 17.1. The first-order chi connectivity index (χ1) is 15.3. The molecule has 31 heavy (non-hydrogen) atoms. The highest BCUT2D eigenvalue weighted by Crippen LogP contribution is 2.18. The van der Waals surface area contributed by atoms with Crippen molar-refractivity contribution in [2.24, 2.45) is 0 Å². The maximum absolute atomic E-state index is 13.3. The molecule has 1 amide bonds. The molecule has 0 bridgehead atoms. The largest absolute Gasteiger partial charge is 0.446 e. The van der Waals surface area contributed by atoms with Crippen LogP contribution in [0.5, 0.6) is 0 Å². The first-order valence-corrected chi connectivity index (χ1v) is 10.4. The fourth-order valence-electron chi connectivity index (χ4n) is 3.87. The van der Waals surface area contributed by atoms with Crippen LogP contribution in [0.25, 0.3) is 11.0 Å². The van der Waals surface area contributed by atoms with Gasteiger partial charge in [-0.3, -0.25) is 9.78 Å². The monoisotopic (exact) mass is 417 g/mol. The van der Waals surface area contributed by atoms with Gasteiger partial charge in [-0.15, -0.1) is 0 Å². The topological polar surface area (TPSA) is 86.3 Å². The minimum Gasteiger partial charge on any atom is -0.446 e. The van der Waals surface area contributed by atoms with Gasteiger partial charge in [-0.2, -0.15) is 0 Å². The first-order valence-electron chi connectivity index (χ1n) is 10.4. The summed E-state index contributed by atoms with van der Waals surface area (Å²) in [5.41, 5.74) is 3.00. The van der Waals surface area contributed by atoms with Crippen LogP contribution in [0.1, 0.15) is 34.9 Å². The van der Waals surface area contributed by atoms with Crippen LogP contribution in [0, 0.1) is 0 Å². The number of oxazole rings is 1. The first kappa shape index (κ1) is 19.4. The van der Waals surface area contributed by atoms with Gasteiger partial charge in [0.2, 0.25) is 5.89 Å². The Labute approximate surface area is 179 Å². The summed E-state index contributed by atoms with van der Waals surface area (Å²) in [5, 5.41) is 0. The molecule has 1 aromatic carbocycles. The Morgan fingerprint density at radius 1 is 1.16 bits per heavy atom. The average molecular weight is 417 g/mol. The number of benzene rings is 1. The van der Waals surface area contributed by atoms with Crippen molar-refractivity contribution < 1.29 is 13.9 Å². The van der Waals surface area contributed by atoms with Crippen LogP contribution in [-0.4, -0.2) is 49.6 Å². The molecule has 0 aliphatic carbocycles. The van der Waals surface area contributed by atoms with Gasteiger partial charge >= 0.3 is 0 Å². The van der Waals surface area contributed by atoms with Crippen LogP contribution in [0.3, 0.4) is 0 Å². The Balaban J connectivity index is 1.34. The quantitative estimate of drug-likeness (QED) is 0.459. The third-order valence-corrected chi connectivity index (χ3v) is 5.42. The van der Waals surface area contributed by atoms with Gasteiger partial charge in [-0.05, 0) is 37.1 Å². The molecule has 8 nitrogen and oxygen atoms in total. The highest BCUT2D eigenvalue weighted by molar-refractivity contribution is 5.92. The Bertz CT molecular complexity index is 1160. The number of pyridine rings is 1. The van der Waals surface area contributed by atoms with Crippen molar-refractivity contribution >= 4 is 16.9 Å². The molecule has 1 aliphatic rings. The SMILES string of the molecule is O=C(c1coc(Cn2cnc3ccccc32)n1)N(Cc1ccccn1)C[C@@H]1CCCO1. The van der Waals surface area contributed by atoms with Gasteiger partial charge in [0.25, 0.3) is 5.91 Å². The smallest absolute Gasteiger partial charge is 0.276 e. The summed E-state index contributed by atoms with van der Waals surface area (Å²) in [4.78, 5) is 28.2. The fraction of sp³-hybridized carbons (Fsp3) is 0.304. The van der Waals surface area contributed by atoms with Gasteiger partial charge < -0.3 is 18.6 Å². The van der Waals surface area contributed by atoms with Crippen LogP contribution in [0.4, 0.5) is 0 Å². The molecule has 0 spiro atoms. The van der Waals surface area contributed by atoms with Crippen LogP contribution < -0.4 is 0 Å². The number of carbonyl (C=O) groups is 1. The van der Waals surface area contributed by atoms with Gasteiger partial charge in [0.05, 0.1) is 35.7 Å². The second kappa shape index (κ2) is 8.69. The number of fused-ring (bicyclic) bond motifs is 1. The van der Waals surface area contributed by atoms with Gasteiger partial charge in [-0.25, -0.2) is 9.97 Å². The molecule has 4 heterocycles. The molecule has 8 heteroatoms. The molecule has 0 saturated carbocycles. The maximum atomic E-state index is 13.3. The standard InChI is InChI=1S/C23H23N5O3/c29-23(27(13-18-7-5-11-30-18)12-17-6-3-4-10-24-17)20-15-31-22(26-20)14-28-16-25-19-8-1-2-9-21(19)28/h1-4,6,8-10,15-16,18H,5,7,11-14H2/t18-/m0/s1. The number of ether oxygens (including phenoxy) is 1. The Morgan fingerprint density at radius 3 is 2.90 bits per heavy atom. The number of imidazole rings is 1. The van der Waals surface area contributed by atoms with E-state index in [2.05, 4.69) is 15.0 Å². The number of carbonyl (C=O) groups excluding carboxylic acids is 1. The number of aromatic nitrogens is 4. The van der Waals surface area contributed by atoms with E-state index in [-0.39, 0.29) is 17.7 Å². The van der Waals surface area contributed by atoms with Crippen LogP contribution in [-0.2, 0) is 17.8 Å². The van der Waals surface area contributed by atoms with E-state index in [1.165, 1.54) is 6.26 Å². The van der Waals surface area contributed by atoms with Crippen LogP contribution in [0.2, 0.25) is 0 Å². The van der Waals surface area contributed by atoms with Crippen molar-refractivity contribution in [2.75, 3.05) is 13.2 Å².